The maximum atomic E-state index is 11.2. The van der Waals surface area contributed by atoms with Gasteiger partial charge in [0.25, 0.3) is 0 Å². The zero-order chi connectivity index (χ0) is 11.5. The molecule has 0 aromatic heterocycles. The lowest BCUT2D eigenvalue weighted by Gasteiger charge is -2.19. The molecule has 0 aliphatic heterocycles. The number of ether oxygens (including phenoxy) is 1. The zero-order valence-corrected chi connectivity index (χ0v) is 10.7. The number of carbonyl (C=O) groups is 1. The number of nitrogens with zero attached hydrogens (tertiary/aromatic N) is 1. The summed E-state index contributed by atoms with van der Waals surface area (Å²) in [6.07, 6.45) is 1.95. The predicted octanol–water partition coefficient (Wildman–Crippen LogP) is 2.11. The van der Waals surface area contributed by atoms with Gasteiger partial charge in [-0.25, -0.2) is 0 Å². The SMILES string of the molecule is CCOC(=O)CN(CCCl)CCCCCl. The molecule has 0 saturated carbocycles. The maximum Gasteiger partial charge on any atom is 0.320 e. The van der Waals surface area contributed by atoms with Crippen LogP contribution in [0.15, 0.2) is 0 Å². The number of esters is 1. The maximum absolute atomic E-state index is 11.2. The van der Waals surface area contributed by atoms with Crippen LogP contribution in [0.2, 0.25) is 0 Å². The molecule has 0 aliphatic rings. The van der Waals surface area contributed by atoms with E-state index in [2.05, 4.69) is 0 Å². The van der Waals surface area contributed by atoms with E-state index in [1.54, 1.807) is 6.92 Å². The molecule has 15 heavy (non-hydrogen) atoms. The third-order valence-electron chi connectivity index (χ3n) is 1.92. The van der Waals surface area contributed by atoms with Gasteiger partial charge in [0.1, 0.15) is 0 Å². The molecule has 0 aliphatic carbocycles. The lowest BCUT2D eigenvalue weighted by Crippen LogP contribution is -2.33. The van der Waals surface area contributed by atoms with Gasteiger partial charge in [-0.1, -0.05) is 0 Å². The predicted molar refractivity (Wildman–Crippen MR) is 63.7 cm³/mol. The molecule has 0 aromatic carbocycles. The topological polar surface area (TPSA) is 29.5 Å². The average molecular weight is 256 g/mol. The Balaban J connectivity index is 3.75. The number of alkyl halides is 2. The third kappa shape index (κ3) is 8.97. The first-order valence-electron chi connectivity index (χ1n) is 5.24. The highest BCUT2D eigenvalue weighted by molar-refractivity contribution is 6.18. The molecule has 0 amide bonds. The fourth-order valence-electron chi connectivity index (χ4n) is 1.21. The summed E-state index contributed by atoms with van der Waals surface area (Å²) in [7, 11) is 0. The summed E-state index contributed by atoms with van der Waals surface area (Å²) < 4.78 is 4.88. The second-order valence-corrected chi connectivity index (χ2v) is 3.92. The van der Waals surface area contributed by atoms with Gasteiger partial charge in [0.2, 0.25) is 0 Å². The minimum absolute atomic E-state index is 0.187. The zero-order valence-electron chi connectivity index (χ0n) is 9.18. The molecule has 0 saturated heterocycles. The molecule has 0 radical (unpaired) electrons. The quantitative estimate of drug-likeness (QED) is 0.359. The molecule has 0 rings (SSSR count). The minimum Gasteiger partial charge on any atom is -0.465 e. The van der Waals surface area contributed by atoms with Gasteiger partial charge >= 0.3 is 5.97 Å². The monoisotopic (exact) mass is 255 g/mol. The molecular formula is C10H19Cl2NO2. The molecule has 0 fully saturated rings. The van der Waals surface area contributed by atoms with E-state index in [9.17, 15) is 4.79 Å². The molecule has 90 valence electrons. The van der Waals surface area contributed by atoms with Crippen molar-refractivity contribution in [3.63, 3.8) is 0 Å². The average Bonchev–Trinajstić information content (AvgIpc) is 2.18. The van der Waals surface area contributed by atoms with E-state index in [0.717, 1.165) is 19.4 Å². The van der Waals surface area contributed by atoms with Crippen molar-refractivity contribution in [2.45, 2.75) is 19.8 Å². The van der Waals surface area contributed by atoms with Crippen LogP contribution >= 0.6 is 23.2 Å². The smallest absolute Gasteiger partial charge is 0.320 e. The summed E-state index contributed by atoms with van der Waals surface area (Å²) in [5.41, 5.74) is 0. The lowest BCUT2D eigenvalue weighted by atomic mass is 10.3. The van der Waals surface area contributed by atoms with Crippen molar-refractivity contribution in [3.8, 4) is 0 Å². The molecule has 5 heteroatoms. The lowest BCUT2D eigenvalue weighted by molar-refractivity contribution is -0.144. The van der Waals surface area contributed by atoms with Crippen LogP contribution in [0.1, 0.15) is 19.8 Å². The number of rotatable bonds is 9. The van der Waals surface area contributed by atoms with Crippen molar-refractivity contribution in [1.82, 2.24) is 4.90 Å². The first-order valence-corrected chi connectivity index (χ1v) is 6.31. The molecule has 0 bridgehead atoms. The van der Waals surface area contributed by atoms with Crippen molar-refractivity contribution in [3.05, 3.63) is 0 Å². The number of carbonyl (C=O) groups excluding carboxylic acids is 1. The van der Waals surface area contributed by atoms with E-state index in [0.29, 0.717) is 31.5 Å². The summed E-state index contributed by atoms with van der Waals surface area (Å²) in [6, 6.07) is 0. The van der Waals surface area contributed by atoms with Gasteiger partial charge in [-0.2, -0.15) is 0 Å². The number of unbranched alkanes of at least 4 members (excludes halogenated alkanes) is 1. The van der Waals surface area contributed by atoms with E-state index in [4.69, 9.17) is 27.9 Å². The molecule has 0 unspecified atom stereocenters. The van der Waals surface area contributed by atoms with Crippen LogP contribution < -0.4 is 0 Å². The van der Waals surface area contributed by atoms with E-state index in [1.165, 1.54) is 0 Å². The highest BCUT2D eigenvalue weighted by Crippen LogP contribution is 1.98. The summed E-state index contributed by atoms with van der Waals surface area (Å²) in [4.78, 5) is 13.2. The van der Waals surface area contributed by atoms with Crippen molar-refractivity contribution < 1.29 is 9.53 Å². The third-order valence-corrected chi connectivity index (χ3v) is 2.35. The standard InChI is InChI=1S/C10H19Cl2NO2/c1-2-15-10(14)9-13(8-6-12)7-4-3-5-11/h2-9H2,1H3. The Morgan fingerprint density at radius 3 is 2.47 bits per heavy atom. The Bertz CT molecular complexity index is 168. The Morgan fingerprint density at radius 2 is 1.93 bits per heavy atom. The molecule has 3 nitrogen and oxygen atoms in total. The first-order chi connectivity index (χ1) is 7.24. The molecule has 0 atom stereocenters. The van der Waals surface area contributed by atoms with Crippen molar-refractivity contribution >= 4 is 29.2 Å². The van der Waals surface area contributed by atoms with Crippen LogP contribution in [-0.2, 0) is 9.53 Å². The molecule has 0 heterocycles. The summed E-state index contributed by atoms with van der Waals surface area (Å²) in [5.74, 6) is 1.00. The van der Waals surface area contributed by atoms with Crippen LogP contribution in [0.5, 0.6) is 0 Å². The van der Waals surface area contributed by atoms with Gasteiger partial charge in [0, 0.05) is 18.3 Å². The summed E-state index contributed by atoms with van der Waals surface area (Å²) in [6.45, 7) is 4.11. The highest BCUT2D eigenvalue weighted by Gasteiger charge is 2.10. The number of halogens is 2. The van der Waals surface area contributed by atoms with Gasteiger partial charge < -0.3 is 4.74 Å². The van der Waals surface area contributed by atoms with E-state index in [1.807, 2.05) is 4.90 Å². The van der Waals surface area contributed by atoms with Crippen LogP contribution in [0.4, 0.5) is 0 Å². The molecule has 0 spiro atoms. The normalized spacial score (nSPS) is 10.7. The van der Waals surface area contributed by atoms with Crippen LogP contribution in [0.3, 0.4) is 0 Å². The van der Waals surface area contributed by atoms with Crippen LogP contribution in [0, 0.1) is 0 Å². The summed E-state index contributed by atoms with van der Waals surface area (Å²) >= 11 is 11.2. The van der Waals surface area contributed by atoms with Crippen molar-refractivity contribution in [2.75, 3.05) is 38.0 Å². The molecule has 0 aromatic rings. The van der Waals surface area contributed by atoms with Gasteiger partial charge in [0.15, 0.2) is 0 Å². The van der Waals surface area contributed by atoms with E-state index >= 15 is 0 Å². The Hall–Kier alpha value is 0.01000. The fourth-order valence-corrected chi connectivity index (χ4v) is 1.64. The van der Waals surface area contributed by atoms with Crippen molar-refractivity contribution in [2.24, 2.45) is 0 Å². The van der Waals surface area contributed by atoms with Gasteiger partial charge in [-0.15, -0.1) is 23.2 Å². The number of hydrogen-bond donors (Lipinski definition) is 0. The van der Waals surface area contributed by atoms with E-state index in [-0.39, 0.29) is 5.97 Å². The Kier molecular flexibility index (Phi) is 10.5. The van der Waals surface area contributed by atoms with Gasteiger partial charge in [-0.05, 0) is 26.3 Å². The Morgan fingerprint density at radius 1 is 1.20 bits per heavy atom. The minimum atomic E-state index is -0.187. The van der Waals surface area contributed by atoms with E-state index < -0.39 is 0 Å². The molecular weight excluding hydrogens is 237 g/mol. The summed E-state index contributed by atoms with van der Waals surface area (Å²) in [5, 5.41) is 0. The molecule has 0 N–H and O–H groups in total. The Labute approximate surface area is 102 Å². The second-order valence-electron chi connectivity index (χ2n) is 3.17. The second kappa shape index (κ2) is 10.5. The van der Waals surface area contributed by atoms with Crippen molar-refractivity contribution in [1.29, 1.82) is 0 Å². The largest absolute Gasteiger partial charge is 0.465 e. The first kappa shape index (κ1) is 15.0. The van der Waals surface area contributed by atoms with Gasteiger partial charge in [0.05, 0.1) is 13.2 Å². The van der Waals surface area contributed by atoms with Crippen LogP contribution in [0.25, 0.3) is 0 Å². The highest BCUT2D eigenvalue weighted by atomic mass is 35.5. The van der Waals surface area contributed by atoms with Crippen LogP contribution in [-0.4, -0.2) is 48.9 Å². The number of hydrogen-bond acceptors (Lipinski definition) is 3. The fraction of sp³-hybridized carbons (Fsp3) is 0.900. The van der Waals surface area contributed by atoms with Gasteiger partial charge in [-0.3, -0.25) is 9.69 Å².